The highest BCUT2D eigenvalue weighted by molar-refractivity contribution is 5.44. The zero-order valence-corrected chi connectivity index (χ0v) is 19.5. The molecule has 0 aliphatic carbocycles. The minimum absolute atomic E-state index is 0.187. The molecule has 33 heavy (non-hydrogen) atoms. The van der Waals surface area contributed by atoms with E-state index in [-0.39, 0.29) is 22.3 Å². The fraction of sp³-hybridized carbons (Fsp3) is 0.200. The first-order valence-electron chi connectivity index (χ1n) is 11.1. The standard InChI is InChI=1S/C30H30O3/c1-29(2,21-5-13-25(31)14-6-21)23-9-17-27(18-10-23)33-28-19-11-24(12-20-28)30(3,4)22-7-15-26(32)16-8-22/h5-20,31-32H,1-4H3. The van der Waals surface area contributed by atoms with E-state index in [4.69, 9.17) is 4.74 Å². The largest absolute Gasteiger partial charge is 0.508 e. The van der Waals surface area contributed by atoms with Crippen LogP contribution in [0, 0.1) is 0 Å². The Kier molecular flexibility index (Phi) is 5.90. The Balaban J connectivity index is 1.48. The first-order valence-corrected chi connectivity index (χ1v) is 11.1. The maximum Gasteiger partial charge on any atom is 0.127 e. The molecule has 0 saturated heterocycles. The summed E-state index contributed by atoms with van der Waals surface area (Å²) >= 11 is 0. The first kappa shape index (κ1) is 22.5. The van der Waals surface area contributed by atoms with E-state index in [2.05, 4.69) is 52.0 Å². The van der Waals surface area contributed by atoms with Crippen molar-refractivity contribution in [3.8, 4) is 23.0 Å². The van der Waals surface area contributed by atoms with E-state index < -0.39 is 0 Å². The Morgan fingerprint density at radius 2 is 0.667 bits per heavy atom. The Morgan fingerprint density at radius 1 is 0.424 bits per heavy atom. The van der Waals surface area contributed by atoms with Gasteiger partial charge in [-0.2, -0.15) is 0 Å². The lowest BCUT2D eigenvalue weighted by Crippen LogP contribution is -2.18. The molecule has 4 aromatic rings. The Labute approximate surface area is 195 Å². The van der Waals surface area contributed by atoms with Crippen molar-refractivity contribution >= 4 is 0 Å². The minimum Gasteiger partial charge on any atom is -0.508 e. The molecule has 0 aliphatic heterocycles. The van der Waals surface area contributed by atoms with Crippen LogP contribution in [0.15, 0.2) is 97.1 Å². The van der Waals surface area contributed by atoms with Crippen LogP contribution in [-0.4, -0.2) is 10.2 Å². The normalized spacial score (nSPS) is 11.9. The molecule has 0 fully saturated rings. The van der Waals surface area contributed by atoms with E-state index in [0.717, 1.165) is 22.6 Å². The van der Waals surface area contributed by atoms with Crippen molar-refractivity contribution in [2.24, 2.45) is 0 Å². The highest BCUT2D eigenvalue weighted by Gasteiger charge is 2.24. The summed E-state index contributed by atoms with van der Waals surface area (Å²) in [5, 5.41) is 19.1. The number of benzene rings is 4. The summed E-state index contributed by atoms with van der Waals surface area (Å²) < 4.78 is 6.09. The zero-order valence-electron chi connectivity index (χ0n) is 19.5. The zero-order chi connectivity index (χ0) is 23.6. The topological polar surface area (TPSA) is 49.7 Å². The van der Waals surface area contributed by atoms with Crippen LogP contribution in [0.2, 0.25) is 0 Å². The molecule has 0 radical (unpaired) electrons. The van der Waals surface area contributed by atoms with E-state index in [1.54, 1.807) is 24.3 Å². The van der Waals surface area contributed by atoms with Crippen LogP contribution in [0.4, 0.5) is 0 Å². The average molecular weight is 439 g/mol. The molecule has 3 nitrogen and oxygen atoms in total. The van der Waals surface area contributed by atoms with Crippen molar-refractivity contribution in [3.05, 3.63) is 119 Å². The third-order valence-corrected chi connectivity index (χ3v) is 6.57. The predicted octanol–water partition coefficient (Wildman–Crippen LogP) is 7.54. The van der Waals surface area contributed by atoms with E-state index in [1.807, 2.05) is 48.5 Å². The fourth-order valence-electron chi connectivity index (χ4n) is 4.10. The number of hydrogen-bond acceptors (Lipinski definition) is 3. The van der Waals surface area contributed by atoms with Crippen molar-refractivity contribution in [1.29, 1.82) is 0 Å². The highest BCUT2D eigenvalue weighted by atomic mass is 16.5. The van der Waals surface area contributed by atoms with E-state index in [0.29, 0.717) is 0 Å². The number of phenols is 2. The van der Waals surface area contributed by atoms with Crippen LogP contribution in [0.3, 0.4) is 0 Å². The SMILES string of the molecule is CC(C)(c1ccc(O)cc1)c1ccc(Oc2ccc(C(C)(C)c3ccc(O)cc3)cc2)cc1. The van der Waals surface area contributed by atoms with E-state index in [9.17, 15) is 10.2 Å². The van der Waals surface area contributed by atoms with Crippen LogP contribution in [-0.2, 0) is 10.8 Å². The van der Waals surface area contributed by atoms with Crippen molar-refractivity contribution in [3.63, 3.8) is 0 Å². The van der Waals surface area contributed by atoms with Crippen LogP contribution in [0.1, 0.15) is 49.9 Å². The second kappa shape index (κ2) is 8.67. The smallest absolute Gasteiger partial charge is 0.127 e. The van der Waals surface area contributed by atoms with Gasteiger partial charge in [-0.3, -0.25) is 0 Å². The van der Waals surface area contributed by atoms with Crippen molar-refractivity contribution in [1.82, 2.24) is 0 Å². The molecular formula is C30H30O3. The Morgan fingerprint density at radius 3 is 0.939 bits per heavy atom. The molecule has 0 heterocycles. The second-order valence-electron chi connectivity index (χ2n) is 9.49. The molecule has 0 amide bonds. The van der Waals surface area contributed by atoms with Crippen LogP contribution < -0.4 is 4.74 Å². The molecule has 0 saturated carbocycles. The minimum atomic E-state index is -0.187. The monoisotopic (exact) mass is 438 g/mol. The van der Waals surface area contributed by atoms with Gasteiger partial charge in [0.25, 0.3) is 0 Å². The van der Waals surface area contributed by atoms with Crippen LogP contribution in [0.5, 0.6) is 23.0 Å². The van der Waals surface area contributed by atoms with Gasteiger partial charge in [-0.1, -0.05) is 76.2 Å². The number of hydrogen-bond donors (Lipinski definition) is 2. The van der Waals surface area contributed by atoms with Gasteiger partial charge in [0.05, 0.1) is 0 Å². The second-order valence-corrected chi connectivity index (χ2v) is 9.49. The third kappa shape index (κ3) is 4.73. The molecule has 0 spiro atoms. The molecule has 4 aromatic carbocycles. The molecular weight excluding hydrogens is 408 g/mol. The lowest BCUT2D eigenvalue weighted by atomic mass is 9.78. The van der Waals surface area contributed by atoms with Gasteiger partial charge in [-0.05, 0) is 70.8 Å². The molecule has 0 aliphatic rings. The van der Waals surface area contributed by atoms with Gasteiger partial charge < -0.3 is 14.9 Å². The summed E-state index contributed by atoms with van der Waals surface area (Å²) in [6, 6.07) is 31.0. The summed E-state index contributed by atoms with van der Waals surface area (Å²) in [5.41, 5.74) is 4.25. The quantitative estimate of drug-likeness (QED) is 0.327. The fourth-order valence-corrected chi connectivity index (χ4v) is 4.10. The molecule has 0 unspecified atom stereocenters. The summed E-state index contributed by atoms with van der Waals surface area (Å²) in [4.78, 5) is 0. The van der Waals surface area contributed by atoms with E-state index >= 15 is 0 Å². The van der Waals surface area contributed by atoms with Gasteiger partial charge >= 0.3 is 0 Å². The lowest BCUT2D eigenvalue weighted by molar-refractivity contribution is 0.474. The predicted molar refractivity (Wildman–Crippen MR) is 133 cm³/mol. The Hall–Kier alpha value is -3.72. The van der Waals surface area contributed by atoms with Crippen LogP contribution in [0.25, 0.3) is 0 Å². The van der Waals surface area contributed by atoms with Gasteiger partial charge in [-0.15, -0.1) is 0 Å². The first-order chi connectivity index (χ1) is 15.7. The van der Waals surface area contributed by atoms with Gasteiger partial charge in [0, 0.05) is 10.8 Å². The maximum absolute atomic E-state index is 9.57. The maximum atomic E-state index is 9.57. The summed E-state index contributed by atoms with van der Waals surface area (Å²) in [7, 11) is 0. The van der Waals surface area contributed by atoms with Crippen molar-refractivity contribution in [2.45, 2.75) is 38.5 Å². The molecule has 0 aromatic heterocycles. The highest BCUT2D eigenvalue weighted by Crippen LogP contribution is 2.35. The average Bonchev–Trinajstić information content (AvgIpc) is 2.80. The summed E-state index contributed by atoms with van der Waals surface area (Å²) in [5.74, 6) is 2.11. The third-order valence-electron chi connectivity index (χ3n) is 6.57. The van der Waals surface area contributed by atoms with Gasteiger partial charge in [0.15, 0.2) is 0 Å². The number of rotatable bonds is 6. The molecule has 0 atom stereocenters. The van der Waals surface area contributed by atoms with E-state index in [1.165, 1.54) is 11.1 Å². The van der Waals surface area contributed by atoms with Gasteiger partial charge in [-0.25, -0.2) is 0 Å². The Bertz CT molecular complexity index is 1100. The lowest BCUT2D eigenvalue weighted by Gasteiger charge is -2.27. The van der Waals surface area contributed by atoms with Crippen molar-refractivity contribution < 1.29 is 14.9 Å². The number of ether oxygens (including phenoxy) is 1. The molecule has 0 bridgehead atoms. The number of aromatic hydroxyl groups is 2. The van der Waals surface area contributed by atoms with Crippen molar-refractivity contribution in [2.75, 3.05) is 0 Å². The van der Waals surface area contributed by atoms with Gasteiger partial charge in [0.2, 0.25) is 0 Å². The van der Waals surface area contributed by atoms with Gasteiger partial charge in [0.1, 0.15) is 23.0 Å². The summed E-state index contributed by atoms with van der Waals surface area (Å²) in [6.45, 7) is 8.68. The van der Waals surface area contributed by atoms with Crippen LogP contribution >= 0.6 is 0 Å². The molecule has 4 rings (SSSR count). The summed E-state index contributed by atoms with van der Waals surface area (Å²) in [6.07, 6.45) is 0. The molecule has 168 valence electrons. The molecule has 2 N–H and O–H groups in total. The molecule has 3 heteroatoms. The number of phenolic OH excluding ortho intramolecular Hbond substituents is 2.